The molecule has 0 bridgehead atoms. The van der Waals surface area contributed by atoms with Crippen LogP contribution in [0.5, 0.6) is 0 Å². The van der Waals surface area contributed by atoms with E-state index in [1.54, 1.807) is 13.0 Å². The first-order valence-corrected chi connectivity index (χ1v) is 6.97. The molecule has 0 saturated carbocycles. The molecule has 108 valence electrons. The fraction of sp³-hybridized carbons (Fsp3) is 0.385. The van der Waals surface area contributed by atoms with Gasteiger partial charge < -0.3 is 19.5 Å². The van der Waals surface area contributed by atoms with Crippen LogP contribution < -0.4 is 5.32 Å². The van der Waals surface area contributed by atoms with E-state index in [1.165, 1.54) is 17.6 Å². The third-order valence-electron chi connectivity index (χ3n) is 2.45. The number of thiophene rings is 1. The van der Waals surface area contributed by atoms with Gasteiger partial charge in [0.25, 0.3) is 5.91 Å². The Morgan fingerprint density at radius 2 is 2.25 bits per heavy atom. The van der Waals surface area contributed by atoms with Crippen molar-refractivity contribution in [3.8, 4) is 0 Å². The monoisotopic (exact) mass is 297 g/mol. The highest BCUT2D eigenvalue weighted by molar-refractivity contribution is 7.16. The minimum Gasteiger partial charge on any atom is -0.494 e. The lowest BCUT2D eigenvalue weighted by atomic mass is 10.3. The Morgan fingerprint density at radius 1 is 1.45 bits per heavy atom. The fourth-order valence-electron chi connectivity index (χ4n) is 1.62. The zero-order valence-corrected chi connectivity index (χ0v) is 12.0. The van der Waals surface area contributed by atoms with Gasteiger partial charge in [-0.15, -0.1) is 11.3 Å². The molecule has 1 N–H and O–H groups in total. The topological polar surface area (TPSA) is 73.9 Å². The Hall–Kier alpha value is -2.02. The molecule has 7 heteroatoms. The maximum Gasteiger partial charge on any atom is 0.341 e. The minimum absolute atomic E-state index is 0.0945. The Labute approximate surface area is 120 Å². The summed E-state index contributed by atoms with van der Waals surface area (Å²) in [5, 5.41) is 3.09. The predicted molar refractivity (Wildman–Crippen MR) is 73.6 cm³/mol. The van der Waals surface area contributed by atoms with Crippen molar-refractivity contribution in [2.45, 2.75) is 13.8 Å². The molecule has 2 rings (SSSR count). The van der Waals surface area contributed by atoms with E-state index < -0.39 is 11.9 Å². The summed E-state index contributed by atoms with van der Waals surface area (Å²) in [5.41, 5.74) is 0.347. The number of hydrogen-bond acceptors (Lipinski definition) is 6. The molecule has 0 fully saturated rings. The van der Waals surface area contributed by atoms with Crippen LogP contribution in [0.25, 0.3) is 0 Å². The van der Waals surface area contributed by atoms with E-state index in [0.717, 1.165) is 4.88 Å². The first kappa shape index (κ1) is 14.4. The quantitative estimate of drug-likeness (QED) is 0.861. The van der Waals surface area contributed by atoms with Crippen molar-refractivity contribution in [1.29, 1.82) is 0 Å². The number of carbonyl (C=O) groups is 2. The largest absolute Gasteiger partial charge is 0.494 e. The maximum absolute atomic E-state index is 12.0. The van der Waals surface area contributed by atoms with Gasteiger partial charge in [-0.05, 0) is 19.9 Å². The zero-order chi connectivity index (χ0) is 14.5. The van der Waals surface area contributed by atoms with E-state index in [4.69, 9.17) is 14.2 Å². The highest BCUT2D eigenvalue weighted by Crippen LogP contribution is 2.28. The van der Waals surface area contributed by atoms with Crippen molar-refractivity contribution in [3.63, 3.8) is 0 Å². The van der Waals surface area contributed by atoms with Crippen LogP contribution in [-0.4, -0.2) is 31.7 Å². The van der Waals surface area contributed by atoms with Crippen molar-refractivity contribution >= 4 is 28.2 Å². The highest BCUT2D eigenvalue weighted by Gasteiger charge is 2.21. The number of aryl methyl sites for hydroxylation is 1. The summed E-state index contributed by atoms with van der Waals surface area (Å²) in [6.07, 6.45) is 1.27. The molecule has 2 heterocycles. The molecule has 0 aliphatic carbocycles. The number of amides is 1. The number of ether oxygens (including phenoxy) is 3. The van der Waals surface area contributed by atoms with Crippen molar-refractivity contribution in [2.75, 3.05) is 25.1 Å². The van der Waals surface area contributed by atoms with E-state index in [1.807, 2.05) is 6.92 Å². The summed E-state index contributed by atoms with van der Waals surface area (Å²) >= 11 is 1.30. The summed E-state index contributed by atoms with van der Waals surface area (Å²) < 4.78 is 15.2. The molecule has 0 spiro atoms. The summed E-state index contributed by atoms with van der Waals surface area (Å²) in [6.45, 7) is 4.61. The second-order valence-electron chi connectivity index (χ2n) is 3.98. The second-order valence-corrected chi connectivity index (χ2v) is 5.23. The molecule has 0 atom stereocenters. The van der Waals surface area contributed by atoms with Crippen LogP contribution in [0.15, 0.2) is 18.1 Å². The molecule has 6 nitrogen and oxygen atoms in total. The van der Waals surface area contributed by atoms with Gasteiger partial charge in [-0.2, -0.15) is 0 Å². The maximum atomic E-state index is 12.0. The van der Waals surface area contributed by atoms with Gasteiger partial charge in [-0.3, -0.25) is 4.79 Å². The lowest BCUT2D eigenvalue weighted by Gasteiger charge is -2.14. The van der Waals surface area contributed by atoms with E-state index in [-0.39, 0.29) is 12.4 Å². The third-order valence-corrected chi connectivity index (χ3v) is 3.42. The molecule has 0 unspecified atom stereocenters. The summed E-state index contributed by atoms with van der Waals surface area (Å²) in [4.78, 5) is 24.7. The smallest absolute Gasteiger partial charge is 0.341 e. The second kappa shape index (κ2) is 6.42. The fourth-order valence-corrected chi connectivity index (χ4v) is 2.51. The number of rotatable bonds is 4. The number of nitrogens with one attached hydrogen (secondary N) is 1. The first-order chi connectivity index (χ1) is 9.61. The van der Waals surface area contributed by atoms with Crippen LogP contribution in [0.4, 0.5) is 5.00 Å². The van der Waals surface area contributed by atoms with Crippen LogP contribution in [0.3, 0.4) is 0 Å². The van der Waals surface area contributed by atoms with Crippen molar-refractivity contribution in [3.05, 3.63) is 28.5 Å². The molecule has 1 aromatic rings. The number of carbonyl (C=O) groups excluding carboxylic acids is 2. The molecule has 0 saturated heterocycles. The molecule has 1 aliphatic rings. The van der Waals surface area contributed by atoms with Crippen LogP contribution in [0.2, 0.25) is 0 Å². The number of anilines is 1. The van der Waals surface area contributed by atoms with E-state index in [9.17, 15) is 9.59 Å². The lowest BCUT2D eigenvalue weighted by molar-refractivity contribution is -0.117. The van der Waals surface area contributed by atoms with Gasteiger partial charge in [-0.1, -0.05) is 0 Å². The van der Waals surface area contributed by atoms with Crippen LogP contribution in [0.1, 0.15) is 22.2 Å². The molecule has 1 aromatic heterocycles. The Kier molecular flexibility index (Phi) is 4.62. The Morgan fingerprint density at radius 3 is 2.90 bits per heavy atom. The number of hydrogen-bond donors (Lipinski definition) is 1. The van der Waals surface area contributed by atoms with Gasteiger partial charge in [0.1, 0.15) is 24.5 Å². The molecular formula is C13H15NO5S. The highest BCUT2D eigenvalue weighted by atomic mass is 32.1. The molecule has 0 aromatic carbocycles. The van der Waals surface area contributed by atoms with E-state index >= 15 is 0 Å². The molecule has 1 amide bonds. The zero-order valence-electron chi connectivity index (χ0n) is 11.2. The molecule has 20 heavy (non-hydrogen) atoms. The average Bonchev–Trinajstić information content (AvgIpc) is 2.81. The third kappa shape index (κ3) is 3.30. The van der Waals surface area contributed by atoms with Gasteiger partial charge in [0.2, 0.25) is 5.76 Å². The standard InChI is InChI=1S/C13H15NO5S/c1-3-18-13(16)9-6-8(2)20-12(9)14-11(15)10-7-17-4-5-19-10/h6-7H,3-5H2,1-2H3,(H,14,15). The SMILES string of the molecule is CCOC(=O)c1cc(C)sc1NC(=O)C1=COCCO1. The van der Waals surface area contributed by atoms with E-state index in [0.29, 0.717) is 23.8 Å². The minimum atomic E-state index is -0.457. The van der Waals surface area contributed by atoms with Gasteiger partial charge in [0, 0.05) is 4.88 Å². The Bertz CT molecular complexity index is 549. The van der Waals surface area contributed by atoms with Crippen LogP contribution >= 0.6 is 11.3 Å². The number of esters is 1. The van der Waals surface area contributed by atoms with Gasteiger partial charge in [-0.25, -0.2) is 4.79 Å². The summed E-state index contributed by atoms with van der Waals surface area (Å²) in [7, 11) is 0. The molecule has 1 aliphatic heterocycles. The molecular weight excluding hydrogens is 282 g/mol. The normalized spacial score (nSPS) is 13.8. The van der Waals surface area contributed by atoms with Crippen LogP contribution in [0, 0.1) is 6.92 Å². The lowest BCUT2D eigenvalue weighted by Crippen LogP contribution is -2.21. The van der Waals surface area contributed by atoms with Crippen molar-refractivity contribution in [1.82, 2.24) is 0 Å². The van der Waals surface area contributed by atoms with Crippen LogP contribution in [-0.2, 0) is 19.0 Å². The average molecular weight is 297 g/mol. The van der Waals surface area contributed by atoms with E-state index in [2.05, 4.69) is 5.32 Å². The predicted octanol–water partition coefficient (Wildman–Crippen LogP) is 2.06. The van der Waals surface area contributed by atoms with Gasteiger partial charge in [0.05, 0.1) is 12.2 Å². The summed E-state index contributed by atoms with van der Waals surface area (Å²) in [5.74, 6) is -0.809. The van der Waals surface area contributed by atoms with Gasteiger partial charge >= 0.3 is 5.97 Å². The van der Waals surface area contributed by atoms with Gasteiger partial charge in [0.15, 0.2) is 0 Å². The van der Waals surface area contributed by atoms with Crippen molar-refractivity contribution < 1.29 is 23.8 Å². The Balaban J connectivity index is 2.14. The first-order valence-electron chi connectivity index (χ1n) is 6.15. The summed E-state index contributed by atoms with van der Waals surface area (Å²) in [6, 6.07) is 1.69. The van der Waals surface area contributed by atoms with Crippen molar-refractivity contribution in [2.24, 2.45) is 0 Å². The molecule has 0 radical (unpaired) electrons.